The van der Waals surface area contributed by atoms with Crippen LogP contribution in [0.25, 0.3) is 65.4 Å². The standard InChI is InChI=1S/3C13H11N3/c3*1-14-11-8-9-4-2-6-15-12(9)13-10(11)5-3-7-16-13/h3*2-8,14H,1H3. The van der Waals surface area contributed by atoms with Crippen LogP contribution in [0.1, 0.15) is 0 Å². The van der Waals surface area contributed by atoms with Gasteiger partial charge in [0.05, 0.1) is 33.1 Å². The third-order valence-corrected chi connectivity index (χ3v) is 8.19. The van der Waals surface area contributed by atoms with Crippen LogP contribution in [-0.2, 0) is 0 Å². The van der Waals surface area contributed by atoms with E-state index in [2.05, 4.69) is 100 Å². The van der Waals surface area contributed by atoms with Crippen molar-refractivity contribution >= 4 is 82.5 Å². The number of nitrogens with zero attached hydrogens (tertiary/aromatic N) is 6. The maximum absolute atomic E-state index is 4.42. The van der Waals surface area contributed by atoms with Crippen LogP contribution in [0.5, 0.6) is 0 Å². The Kier molecular flexibility index (Phi) is 8.48. The fourth-order valence-corrected chi connectivity index (χ4v) is 5.95. The highest BCUT2D eigenvalue weighted by Gasteiger charge is 2.08. The molecule has 9 rings (SSSR count). The summed E-state index contributed by atoms with van der Waals surface area (Å²) in [5, 5.41) is 16.2. The van der Waals surface area contributed by atoms with Crippen molar-refractivity contribution in [3.8, 4) is 0 Å². The van der Waals surface area contributed by atoms with Crippen molar-refractivity contribution in [1.29, 1.82) is 0 Å². The number of pyridine rings is 6. The highest BCUT2D eigenvalue weighted by atomic mass is 14.8. The number of benzene rings is 3. The first-order valence-electron chi connectivity index (χ1n) is 15.6. The molecule has 6 heterocycles. The summed E-state index contributed by atoms with van der Waals surface area (Å²) < 4.78 is 0. The molecule has 48 heavy (non-hydrogen) atoms. The Balaban J connectivity index is 0.000000114. The van der Waals surface area contributed by atoms with Gasteiger partial charge in [-0.25, -0.2) is 0 Å². The first-order chi connectivity index (χ1) is 23.7. The summed E-state index contributed by atoms with van der Waals surface area (Å²) >= 11 is 0. The van der Waals surface area contributed by atoms with Crippen LogP contribution in [-0.4, -0.2) is 51.0 Å². The first kappa shape index (κ1) is 30.2. The minimum absolute atomic E-state index is 0.949. The fraction of sp³-hybridized carbons (Fsp3) is 0.0769. The van der Waals surface area contributed by atoms with E-state index in [9.17, 15) is 0 Å². The van der Waals surface area contributed by atoms with E-state index in [1.807, 2.05) is 57.5 Å². The molecule has 9 aromatic rings. The van der Waals surface area contributed by atoms with E-state index in [0.29, 0.717) is 0 Å². The van der Waals surface area contributed by atoms with Crippen molar-refractivity contribution in [3.05, 3.63) is 128 Å². The van der Waals surface area contributed by atoms with Crippen LogP contribution in [0.15, 0.2) is 128 Å². The maximum atomic E-state index is 4.42. The second-order valence-corrected chi connectivity index (χ2v) is 10.9. The SMILES string of the molecule is CNc1cc2cccnc2c2ncccc12.CNc1cc2cccnc2c2ncccc12.CNc1cc2cccnc2c2ncccc12. The molecule has 9 heteroatoms. The molecule has 0 aliphatic heterocycles. The van der Waals surface area contributed by atoms with Gasteiger partial charge in [0.2, 0.25) is 0 Å². The Morgan fingerprint density at radius 2 is 0.583 bits per heavy atom. The quantitative estimate of drug-likeness (QED) is 0.166. The first-order valence-corrected chi connectivity index (χ1v) is 15.6. The average Bonchev–Trinajstić information content (AvgIpc) is 3.17. The summed E-state index contributed by atoms with van der Waals surface area (Å²) in [5.41, 5.74) is 8.97. The topological polar surface area (TPSA) is 113 Å². The lowest BCUT2D eigenvalue weighted by atomic mass is 10.1. The van der Waals surface area contributed by atoms with Gasteiger partial charge in [0.1, 0.15) is 0 Å². The van der Waals surface area contributed by atoms with E-state index in [0.717, 1.165) is 82.5 Å². The molecule has 0 aliphatic carbocycles. The van der Waals surface area contributed by atoms with Gasteiger partial charge in [-0.2, -0.15) is 0 Å². The second-order valence-electron chi connectivity index (χ2n) is 10.9. The maximum Gasteiger partial charge on any atom is 0.0985 e. The number of anilines is 3. The zero-order chi connectivity index (χ0) is 32.9. The van der Waals surface area contributed by atoms with E-state index >= 15 is 0 Å². The third kappa shape index (κ3) is 5.69. The Bertz CT molecular complexity index is 2270. The van der Waals surface area contributed by atoms with E-state index in [-0.39, 0.29) is 0 Å². The van der Waals surface area contributed by atoms with Crippen molar-refractivity contribution in [2.24, 2.45) is 0 Å². The molecule has 0 unspecified atom stereocenters. The molecule has 9 nitrogen and oxygen atoms in total. The fourth-order valence-electron chi connectivity index (χ4n) is 5.95. The van der Waals surface area contributed by atoms with Gasteiger partial charge >= 0.3 is 0 Å². The zero-order valence-corrected chi connectivity index (χ0v) is 26.8. The lowest BCUT2D eigenvalue weighted by Crippen LogP contribution is -1.92. The molecule has 3 aromatic carbocycles. The van der Waals surface area contributed by atoms with Gasteiger partial charge in [-0.1, -0.05) is 18.2 Å². The number of fused-ring (bicyclic) bond motifs is 9. The number of rotatable bonds is 3. The summed E-state index contributed by atoms with van der Waals surface area (Å²) in [6.07, 6.45) is 10.8. The monoisotopic (exact) mass is 627 g/mol. The highest BCUT2D eigenvalue weighted by Crippen LogP contribution is 2.30. The number of hydrogen-bond acceptors (Lipinski definition) is 9. The van der Waals surface area contributed by atoms with Crippen LogP contribution in [0.4, 0.5) is 17.1 Å². The molecule has 0 spiro atoms. The molecule has 3 N–H and O–H groups in total. The molecule has 0 bridgehead atoms. The normalized spacial score (nSPS) is 10.8. The number of aromatic nitrogens is 6. The summed E-state index contributed by atoms with van der Waals surface area (Å²) in [6.45, 7) is 0. The van der Waals surface area contributed by atoms with Crippen molar-refractivity contribution < 1.29 is 0 Å². The molecule has 6 aromatic heterocycles. The summed E-state index contributed by atoms with van der Waals surface area (Å²) in [5.74, 6) is 0. The minimum Gasteiger partial charge on any atom is -0.388 e. The van der Waals surface area contributed by atoms with Crippen molar-refractivity contribution in [2.45, 2.75) is 0 Å². The van der Waals surface area contributed by atoms with Crippen LogP contribution in [0.3, 0.4) is 0 Å². The van der Waals surface area contributed by atoms with Crippen LogP contribution < -0.4 is 16.0 Å². The second kappa shape index (κ2) is 13.5. The zero-order valence-electron chi connectivity index (χ0n) is 26.8. The lowest BCUT2D eigenvalue weighted by Gasteiger charge is -2.07. The molecular weight excluding hydrogens is 594 g/mol. The van der Waals surface area contributed by atoms with E-state index in [1.165, 1.54) is 0 Å². The Morgan fingerprint density at radius 1 is 0.333 bits per heavy atom. The van der Waals surface area contributed by atoms with E-state index < -0.39 is 0 Å². The van der Waals surface area contributed by atoms with Gasteiger partial charge in [-0.05, 0) is 72.8 Å². The van der Waals surface area contributed by atoms with Gasteiger partial charge in [0.25, 0.3) is 0 Å². The lowest BCUT2D eigenvalue weighted by molar-refractivity contribution is 1.37. The Hall–Kier alpha value is -6.48. The van der Waals surface area contributed by atoms with Crippen LogP contribution >= 0.6 is 0 Å². The summed E-state index contributed by atoms with van der Waals surface area (Å²) in [7, 11) is 5.76. The summed E-state index contributed by atoms with van der Waals surface area (Å²) in [6, 6.07) is 30.3. The molecule has 0 saturated heterocycles. The molecule has 0 amide bonds. The molecule has 0 fully saturated rings. The number of hydrogen-bond donors (Lipinski definition) is 3. The van der Waals surface area contributed by atoms with E-state index in [4.69, 9.17) is 0 Å². The molecular formula is C39H33N9. The van der Waals surface area contributed by atoms with Gasteiger partial charge in [0.15, 0.2) is 0 Å². The van der Waals surface area contributed by atoms with Crippen LogP contribution in [0, 0.1) is 0 Å². The Morgan fingerprint density at radius 3 is 0.854 bits per heavy atom. The Labute approximate surface area is 277 Å². The van der Waals surface area contributed by atoms with E-state index in [1.54, 1.807) is 37.2 Å². The largest absolute Gasteiger partial charge is 0.388 e. The van der Waals surface area contributed by atoms with Gasteiger partial charge in [0, 0.05) is 108 Å². The van der Waals surface area contributed by atoms with Gasteiger partial charge in [-0.3, -0.25) is 29.9 Å². The smallest absolute Gasteiger partial charge is 0.0985 e. The summed E-state index contributed by atoms with van der Waals surface area (Å²) in [4.78, 5) is 26.4. The molecule has 0 radical (unpaired) electrons. The number of nitrogens with one attached hydrogen (secondary N) is 3. The molecule has 234 valence electrons. The molecule has 0 aliphatic rings. The third-order valence-electron chi connectivity index (χ3n) is 8.19. The van der Waals surface area contributed by atoms with Crippen molar-refractivity contribution in [1.82, 2.24) is 29.9 Å². The van der Waals surface area contributed by atoms with Gasteiger partial charge in [-0.15, -0.1) is 0 Å². The van der Waals surface area contributed by atoms with Crippen molar-refractivity contribution in [3.63, 3.8) is 0 Å². The minimum atomic E-state index is 0.949. The van der Waals surface area contributed by atoms with Crippen molar-refractivity contribution in [2.75, 3.05) is 37.1 Å². The predicted molar refractivity (Wildman–Crippen MR) is 200 cm³/mol. The van der Waals surface area contributed by atoms with Crippen LogP contribution in [0.2, 0.25) is 0 Å². The average molecular weight is 628 g/mol. The van der Waals surface area contributed by atoms with Gasteiger partial charge < -0.3 is 16.0 Å². The molecule has 0 saturated carbocycles. The highest BCUT2D eigenvalue weighted by molar-refractivity contribution is 6.10. The molecule has 0 atom stereocenters. The predicted octanol–water partition coefficient (Wildman–Crippen LogP) is 8.47.